The van der Waals surface area contributed by atoms with Gasteiger partial charge < -0.3 is 25.2 Å². The van der Waals surface area contributed by atoms with E-state index in [2.05, 4.69) is 10.6 Å². The van der Waals surface area contributed by atoms with Gasteiger partial charge in [-0.3, -0.25) is 4.79 Å². The molecule has 2 amide bonds. The maximum absolute atomic E-state index is 12.8. The summed E-state index contributed by atoms with van der Waals surface area (Å²) < 4.78 is 10.5. The Morgan fingerprint density at radius 2 is 1.58 bits per heavy atom. The smallest absolute Gasteiger partial charge is 0.407 e. The number of aliphatic carboxylic acids is 1. The van der Waals surface area contributed by atoms with Crippen LogP contribution in [0.2, 0.25) is 0 Å². The third-order valence-corrected chi connectivity index (χ3v) is 5.87. The topological polar surface area (TPSA) is 114 Å². The first-order valence-corrected chi connectivity index (χ1v) is 10.8. The van der Waals surface area contributed by atoms with Crippen LogP contribution >= 0.6 is 0 Å². The van der Waals surface area contributed by atoms with Gasteiger partial charge in [0.15, 0.2) is 5.54 Å². The number of alkyl carbamates (subject to hydrolysis) is 1. The van der Waals surface area contributed by atoms with E-state index in [1.54, 1.807) is 13.8 Å². The van der Waals surface area contributed by atoms with Gasteiger partial charge in [0.05, 0.1) is 6.61 Å². The average molecular weight is 455 g/mol. The lowest BCUT2D eigenvalue weighted by atomic mass is 9.98. The number of benzene rings is 2. The van der Waals surface area contributed by atoms with Gasteiger partial charge in [-0.05, 0) is 35.1 Å². The summed E-state index contributed by atoms with van der Waals surface area (Å²) in [5.41, 5.74) is 2.78. The van der Waals surface area contributed by atoms with Gasteiger partial charge in [0.1, 0.15) is 12.6 Å². The first-order chi connectivity index (χ1) is 15.7. The highest BCUT2D eigenvalue weighted by atomic mass is 16.5. The molecule has 0 radical (unpaired) electrons. The lowest BCUT2D eigenvalue weighted by Crippen LogP contribution is -2.61. The van der Waals surface area contributed by atoms with E-state index < -0.39 is 29.6 Å². The second kappa shape index (κ2) is 10.0. The van der Waals surface area contributed by atoms with Crippen LogP contribution in [0.25, 0.3) is 11.1 Å². The molecule has 8 nitrogen and oxygen atoms in total. The number of fused-ring (bicyclic) bond motifs is 3. The van der Waals surface area contributed by atoms with Crippen LogP contribution < -0.4 is 10.6 Å². The van der Waals surface area contributed by atoms with Gasteiger partial charge in [-0.1, -0.05) is 62.4 Å². The van der Waals surface area contributed by atoms with Crippen LogP contribution in [0.3, 0.4) is 0 Å². The Hall–Kier alpha value is -3.39. The number of amides is 2. The van der Waals surface area contributed by atoms with Gasteiger partial charge >= 0.3 is 12.1 Å². The molecule has 33 heavy (non-hydrogen) atoms. The number of methoxy groups -OCH3 is 1. The average Bonchev–Trinajstić information content (AvgIpc) is 3.09. The van der Waals surface area contributed by atoms with Crippen molar-refractivity contribution in [2.75, 3.05) is 20.3 Å². The van der Waals surface area contributed by atoms with Crippen molar-refractivity contribution in [1.29, 1.82) is 0 Å². The maximum Gasteiger partial charge on any atom is 0.407 e. The van der Waals surface area contributed by atoms with Crippen LogP contribution in [0.15, 0.2) is 48.5 Å². The normalized spacial score (nSPS) is 15.2. The lowest BCUT2D eigenvalue weighted by molar-refractivity contribution is -0.149. The quantitative estimate of drug-likeness (QED) is 0.536. The van der Waals surface area contributed by atoms with Crippen LogP contribution in [0.1, 0.15) is 37.8 Å². The maximum atomic E-state index is 12.8. The summed E-state index contributed by atoms with van der Waals surface area (Å²) >= 11 is 0. The Morgan fingerprint density at radius 1 is 1.03 bits per heavy atom. The molecule has 1 aliphatic rings. The second-order valence-corrected chi connectivity index (χ2v) is 8.75. The summed E-state index contributed by atoms with van der Waals surface area (Å²) in [6.45, 7) is 4.75. The minimum Gasteiger partial charge on any atom is -0.479 e. The molecule has 3 N–H and O–H groups in total. The number of hydrogen-bond donors (Lipinski definition) is 3. The van der Waals surface area contributed by atoms with Crippen molar-refractivity contribution in [2.45, 2.75) is 38.3 Å². The third-order valence-electron chi connectivity index (χ3n) is 5.87. The molecule has 8 heteroatoms. The van der Waals surface area contributed by atoms with Crippen molar-refractivity contribution in [3.63, 3.8) is 0 Å². The first kappa shape index (κ1) is 24.3. The first-order valence-electron chi connectivity index (χ1n) is 10.8. The minimum atomic E-state index is -1.62. The molecular weight excluding hydrogens is 424 g/mol. The molecular formula is C25H30N2O6. The standard InChI is InChI=1S/C25H30N2O6/c1-15(2)21(22(28)27-25(3,14-32-4)23(29)30)26-24(31)33-13-20-18-11-7-5-9-16(18)17-10-6-8-12-19(17)20/h5-12,15,20-21H,13-14H2,1-4H3,(H,26,31)(H,27,28)(H,29,30). The molecule has 0 bridgehead atoms. The lowest BCUT2D eigenvalue weighted by Gasteiger charge is -2.29. The number of hydrogen-bond acceptors (Lipinski definition) is 5. The number of rotatable bonds is 9. The Labute approximate surface area is 193 Å². The van der Waals surface area contributed by atoms with Crippen LogP contribution in [0, 0.1) is 5.92 Å². The van der Waals surface area contributed by atoms with E-state index in [9.17, 15) is 19.5 Å². The summed E-state index contributed by atoms with van der Waals surface area (Å²) in [7, 11) is 1.35. The van der Waals surface area contributed by atoms with Crippen molar-refractivity contribution in [3.8, 4) is 11.1 Å². The zero-order valence-corrected chi connectivity index (χ0v) is 19.3. The largest absolute Gasteiger partial charge is 0.479 e. The molecule has 0 heterocycles. The van der Waals surface area contributed by atoms with E-state index in [1.165, 1.54) is 14.0 Å². The number of nitrogens with one attached hydrogen (secondary N) is 2. The van der Waals surface area contributed by atoms with E-state index in [0.29, 0.717) is 0 Å². The molecule has 0 saturated heterocycles. The Kier molecular flexibility index (Phi) is 7.38. The highest BCUT2D eigenvalue weighted by Gasteiger charge is 2.38. The summed E-state index contributed by atoms with van der Waals surface area (Å²) in [6, 6.07) is 15.0. The van der Waals surface area contributed by atoms with Gasteiger partial charge in [-0.2, -0.15) is 0 Å². The molecule has 0 aliphatic heterocycles. The molecule has 1 aliphatic carbocycles. The van der Waals surface area contributed by atoms with Crippen LogP contribution in [-0.2, 0) is 19.1 Å². The molecule has 0 aromatic heterocycles. The summed E-state index contributed by atoms with van der Waals surface area (Å²) in [5.74, 6) is -2.26. The molecule has 176 valence electrons. The monoisotopic (exact) mass is 454 g/mol. The summed E-state index contributed by atoms with van der Waals surface area (Å²) in [5, 5.41) is 14.5. The van der Waals surface area contributed by atoms with E-state index >= 15 is 0 Å². The van der Waals surface area contributed by atoms with E-state index in [1.807, 2.05) is 48.5 Å². The van der Waals surface area contributed by atoms with E-state index in [0.717, 1.165) is 22.3 Å². The fourth-order valence-electron chi connectivity index (χ4n) is 4.09. The molecule has 2 unspecified atom stereocenters. The zero-order chi connectivity index (χ0) is 24.2. The Balaban J connectivity index is 1.68. The van der Waals surface area contributed by atoms with Crippen molar-refractivity contribution in [2.24, 2.45) is 5.92 Å². The SMILES string of the molecule is COCC(C)(NC(=O)C(NC(=O)OCC1c2ccccc2-c2ccccc21)C(C)C)C(=O)O. The Bertz CT molecular complexity index is 992. The molecule has 2 aromatic rings. The highest BCUT2D eigenvalue weighted by molar-refractivity contribution is 5.91. The van der Waals surface area contributed by atoms with Gasteiger partial charge in [0, 0.05) is 13.0 Å². The molecule has 2 aromatic carbocycles. The fraction of sp³-hybridized carbons (Fsp3) is 0.400. The molecule has 0 spiro atoms. The van der Waals surface area contributed by atoms with Gasteiger partial charge in [0.25, 0.3) is 0 Å². The zero-order valence-electron chi connectivity index (χ0n) is 19.3. The second-order valence-electron chi connectivity index (χ2n) is 8.75. The fourth-order valence-corrected chi connectivity index (χ4v) is 4.09. The van der Waals surface area contributed by atoms with Crippen molar-refractivity contribution in [1.82, 2.24) is 10.6 Å². The molecule has 3 rings (SSSR count). The predicted octanol–water partition coefficient (Wildman–Crippen LogP) is 3.16. The summed E-state index contributed by atoms with van der Waals surface area (Å²) in [6.07, 6.45) is -0.741. The third kappa shape index (κ3) is 5.17. The van der Waals surface area contributed by atoms with Crippen LogP contribution in [-0.4, -0.2) is 55.0 Å². The number of carboxylic acids is 1. The number of ether oxygens (including phenoxy) is 2. The van der Waals surface area contributed by atoms with Crippen molar-refractivity contribution in [3.05, 3.63) is 59.7 Å². The number of carboxylic acid groups (broad SMARTS) is 1. The van der Waals surface area contributed by atoms with E-state index in [-0.39, 0.29) is 25.0 Å². The molecule has 0 saturated carbocycles. The summed E-state index contributed by atoms with van der Waals surface area (Å²) in [4.78, 5) is 37.0. The van der Waals surface area contributed by atoms with Gasteiger partial charge in [0.2, 0.25) is 5.91 Å². The van der Waals surface area contributed by atoms with Gasteiger partial charge in [-0.15, -0.1) is 0 Å². The Morgan fingerprint density at radius 3 is 2.06 bits per heavy atom. The van der Waals surface area contributed by atoms with Gasteiger partial charge in [-0.25, -0.2) is 9.59 Å². The van der Waals surface area contributed by atoms with Crippen molar-refractivity contribution >= 4 is 18.0 Å². The number of carbonyl (C=O) groups excluding carboxylic acids is 2. The number of carbonyl (C=O) groups is 3. The van der Waals surface area contributed by atoms with Crippen LogP contribution in [0.5, 0.6) is 0 Å². The molecule has 0 fully saturated rings. The predicted molar refractivity (Wildman–Crippen MR) is 123 cm³/mol. The minimum absolute atomic E-state index is 0.105. The van der Waals surface area contributed by atoms with Crippen LogP contribution in [0.4, 0.5) is 4.79 Å². The molecule has 2 atom stereocenters. The van der Waals surface area contributed by atoms with E-state index in [4.69, 9.17) is 9.47 Å². The highest BCUT2D eigenvalue weighted by Crippen LogP contribution is 2.44. The van der Waals surface area contributed by atoms with Crippen molar-refractivity contribution < 1.29 is 29.0 Å².